The van der Waals surface area contributed by atoms with Crippen LogP contribution in [0.4, 0.5) is 0 Å². The molecular formula is C44H36N4O4S. The summed E-state index contributed by atoms with van der Waals surface area (Å²) in [7, 11) is 1.91. The molecule has 0 unspecified atom stereocenters. The van der Waals surface area contributed by atoms with Gasteiger partial charge in [0.1, 0.15) is 35.8 Å². The fourth-order valence-corrected chi connectivity index (χ4v) is 7.76. The van der Waals surface area contributed by atoms with E-state index in [1.807, 2.05) is 169 Å². The number of ether oxygens (including phenoxy) is 2. The van der Waals surface area contributed by atoms with Gasteiger partial charge in [-0.1, -0.05) is 145 Å². The van der Waals surface area contributed by atoms with Crippen LogP contribution < -0.4 is 14.3 Å². The van der Waals surface area contributed by atoms with Gasteiger partial charge in [0, 0.05) is 19.5 Å². The van der Waals surface area contributed by atoms with Gasteiger partial charge in [0.25, 0.3) is 0 Å². The maximum absolute atomic E-state index is 14.1. The monoisotopic (exact) mass is 716 g/mol. The number of aryl methyl sites for hydroxylation is 1. The quantitative estimate of drug-likeness (QED) is 0.128. The lowest BCUT2D eigenvalue weighted by molar-refractivity contribution is 0.291. The summed E-state index contributed by atoms with van der Waals surface area (Å²) in [5.41, 5.74) is 4.99. The topological polar surface area (TPSA) is 91.4 Å². The summed E-state index contributed by atoms with van der Waals surface area (Å²) in [5.74, 6) is 1.88. The number of aromatic nitrogens is 4. The van der Waals surface area contributed by atoms with Crippen LogP contribution in [0.15, 0.2) is 163 Å². The average molecular weight is 717 g/mol. The van der Waals surface area contributed by atoms with Gasteiger partial charge in [0.2, 0.25) is 11.8 Å². The van der Waals surface area contributed by atoms with Crippen LogP contribution in [0.25, 0.3) is 11.2 Å². The van der Waals surface area contributed by atoms with Crippen molar-refractivity contribution in [2.45, 2.75) is 25.2 Å². The SMILES string of the molecule is Cn1c(COc2ccc(Cc3sc(=O)n(C(c4ccccc4)(c4ccccc4)c4ccccc4)c3O)cc2)nc2ccc(OCc3ccccc3)nc21. The molecule has 0 aliphatic heterocycles. The molecule has 0 fully saturated rings. The molecule has 8 aromatic rings. The van der Waals surface area contributed by atoms with E-state index in [4.69, 9.17) is 14.5 Å². The summed E-state index contributed by atoms with van der Waals surface area (Å²) >= 11 is 1.06. The van der Waals surface area contributed by atoms with Gasteiger partial charge in [-0.15, -0.1) is 0 Å². The van der Waals surface area contributed by atoms with E-state index in [-0.39, 0.29) is 17.4 Å². The first kappa shape index (κ1) is 33.7. The maximum atomic E-state index is 14.1. The van der Waals surface area contributed by atoms with Crippen molar-refractivity contribution < 1.29 is 14.6 Å². The highest BCUT2D eigenvalue weighted by Crippen LogP contribution is 2.43. The van der Waals surface area contributed by atoms with Gasteiger partial charge in [-0.3, -0.25) is 9.36 Å². The zero-order chi connectivity index (χ0) is 36.2. The second-order valence-electron chi connectivity index (χ2n) is 12.7. The zero-order valence-electron chi connectivity index (χ0n) is 29.0. The average Bonchev–Trinajstić information content (AvgIpc) is 3.68. The van der Waals surface area contributed by atoms with Crippen LogP contribution in [0.3, 0.4) is 0 Å². The molecule has 9 heteroatoms. The molecule has 3 heterocycles. The number of imidazole rings is 1. The van der Waals surface area contributed by atoms with Crippen LogP contribution >= 0.6 is 11.3 Å². The maximum Gasteiger partial charge on any atom is 0.311 e. The van der Waals surface area contributed by atoms with Crippen LogP contribution in [0.5, 0.6) is 17.5 Å². The van der Waals surface area contributed by atoms with Crippen LogP contribution in [0.1, 0.15) is 38.5 Å². The van der Waals surface area contributed by atoms with Crippen molar-refractivity contribution in [1.82, 2.24) is 19.1 Å². The molecule has 0 aliphatic carbocycles. The van der Waals surface area contributed by atoms with E-state index in [0.29, 0.717) is 35.2 Å². The second kappa shape index (κ2) is 14.7. The molecule has 1 N–H and O–H groups in total. The Morgan fingerprint density at radius 3 is 1.79 bits per heavy atom. The third-order valence-electron chi connectivity index (χ3n) is 9.43. The molecule has 8 rings (SSSR count). The summed E-state index contributed by atoms with van der Waals surface area (Å²) in [6.07, 6.45) is 0.374. The Morgan fingerprint density at radius 1 is 0.642 bits per heavy atom. The normalized spacial score (nSPS) is 11.5. The molecule has 5 aromatic carbocycles. The molecule has 0 amide bonds. The molecule has 0 bridgehead atoms. The minimum atomic E-state index is -1.10. The summed E-state index contributed by atoms with van der Waals surface area (Å²) in [5, 5.41) is 12.0. The molecule has 0 saturated heterocycles. The van der Waals surface area contributed by atoms with E-state index >= 15 is 0 Å². The third kappa shape index (κ3) is 6.58. The van der Waals surface area contributed by atoms with Gasteiger partial charge in [-0.05, 0) is 46.0 Å². The summed E-state index contributed by atoms with van der Waals surface area (Å²) in [6.45, 7) is 0.682. The zero-order valence-corrected chi connectivity index (χ0v) is 29.8. The van der Waals surface area contributed by atoms with Crippen molar-refractivity contribution in [3.8, 4) is 17.5 Å². The lowest BCUT2D eigenvalue weighted by Gasteiger charge is -2.37. The lowest BCUT2D eigenvalue weighted by atomic mass is 9.76. The molecule has 0 atom stereocenters. The van der Waals surface area contributed by atoms with E-state index < -0.39 is 5.54 Å². The molecule has 0 aliphatic rings. The van der Waals surface area contributed by atoms with Gasteiger partial charge in [-0.25, -0.2) is 4.98 Å². The fourth-order valence-electron chi connectivity index (χ4n) is 6.82. The van der Waals surface area contributed by atoms with Crippen molar-refractivity contribution in [2.24, 2.45) is 7.05 Å². The third-order valence-corrected chi connectivity index (χ3v) is 10.4. The molecule has 0 radical (unpaired) electrons. The molecule has 53 heavy (non-hydrogen) atoms. The number of pyridine rings is 1. The lowest BCUT2D eigenvalue weighted by Crippen LogP contribution is -2.42. The van der Waals surface area contributed by atoms with Gasteiger partial charge in [0.15, 0.2) is 5.65 Å². The predicted octanol–water partition coefficient (Wildman–Crippen LogP) is 8.49. The first-order valence-electron chi connectivity index (χ1n) is 17.3. The summed E-state index contributed by atoms with van der Waals surface area (Å²) < 4.78 is 15.5. The number of hydrogen-bond donors (Lipinski definition) is 1. The molecule has 0 spiro atoms. The Labute approximate surface area is 310 Å². The number of fused-ring (bicyclic) bond motifs is 1. The van der Waals surface area contributed by atoms with Crippen LogP contribution in [-0.2, 0) is 32.2 Å². The Balaban J connectivity index is 1.03. The van der Waals surface area contributed by atoms with E-state index in [2.05, 4.69) is 4.98 Å². The molecule has 262 valence electrons. The number of aromatic hydroxyl groups is 1. The van der Waals surface area contributed by atoms with Crippen molar-refractivity contribution >= 4 is 22.5 Å². The van der Waals surface area contributed by atoms with Gasteiger partial charge in [0.05, 0.1) is 4.88 Å². The highest BCUT2D eigenvalue weighted by molar-refractivity contribution is 7.09. The van der Waals surface area contributed by atoms with Crippen molar-refractivity contribution in [2.75, 3.05) is 0 Å². The molecule has 8 nitrogen and oxygen atoms in total. The van der Waals surface area contributed by atoms with Crippen molar-refractivity contribution in [3.63, 3.8) is 0 Å². The smallest absolute Gasteiger partial charge is 0.311 e. The van der Waals surface area contributed by atoms with Crippen LogP contribution in [0.2, 0.25) is 0 Å². The van der Waals surface area contributed by atoms with Gasteiger partial charge in [-0.2, -0.15) is 4.98 Å². The van der Waals surface area contributed by atoms with E-state index in [1.54, 1.807) is 4.57 Å². The van der Waals surface area contributed by atoms with Crippen molar-refractivity contribution in [3.05, 3.63) is 206 Å². The standard InChI is InChI=1S/C44H36N4O4S/c1-47-39(45-37-26-27-40(46-41(37)47)52-29-32-14-6-2-7-15-32)30-51-36-24-22-31(23-25-36)28-38-42(49)48(43(50)53-38)44(33-16-8-3-9-17-33,34-18-10-4-11-19-34)35-20-12-5-13-21-35/h2-27,49H,28-30H2,1H3. The van der Waals surface area contributed by atoms with E-state index in [9.17, 15) is 9.90 Å². The molecule has 3 aromatic heterocycles. The van der Waals surface area contributed by atoms with Gasteiger partial charge < -0.3 is 19.1 Å². The largest absolute Gasteiger partial charge is 0.494 e. The summed E-state index contributed by atoms with van der Waals surface area (Å²) in [4.78, 5) is 23.8. The highest BCUT2D eigenvalue weighted by atomic mass is 32.1. The number of thiazole rings is 1. The van der Waals surface area contributed by atoms with Crippen molar-refractivity contribution in [1.29, 1.82) is 0 Å². The number of hydrogen-bond acceptors (Lipinski definition) is 7. The Bertz CT molecular complexity index is 2420. The van der Waals surface area contributed by atoms with E-state index in [1.165, 1.54) is 0 Å². The first-order chi connectivity index (χ1) is 26.0. The fraction of sp³-hybridized carbons (Fsp3) is 0.114. The number of benzene rings is 5. The molecular weight excluding hydrogens is 681 g/mol. The first-order valence-corrected chi connectivity index (χ1v) is 18.1. The molecule has 0 saturated carbocycles. The Kier molecular flexibility index (Phi) is 9.31. The van der Waals surface area contributed by atoms with Crippen LogP contribution in [0, 0.1) is 0 Å². The van der Waals surface area contributed by atoms with Crippen LogP contribution in [-0.4, -0.2) is 24.2 Å². The number of rotatable bonds is 12. The second-order valence-corrected chi connectivity index (χ2v) is 13.8. The highest BCUT2D eigenvalue weighted by Gasteiger charge is 2.42. The minimum absolute atomic E-state index is 0.0547. The minimum Gasteiger partial charge on any atom is -0.494 e. The summed E-state index contributed by atoms with van der Waals surface area (Å²) in [6, 6.07) is 51.1. The number of nitrogens with zero attached hydrogens (tertiary/aromatic N) is 4. The Hall–Kier alpha value is -6.45. The van der Waals surface area contributed by atoms with E-state index in [0.717, 1.165) is 50.5 Å². The van der Waals surface area contributed by atoms with Gasteiger partial charge >= 0.3 is 4.87 Å². The predicted molar refractivity (Wildman–Crippen MR) is 208 cm³/mol. The Morgan fingerprint density at radius 2 is 1.21 bits per heavy atom.